The molecule has 1 heterocycles. The molecule has 0 fully saturated rings. The molecule has 34 heavy (non-hydrogen) atoms. The van der Waals surface area contributed by atoms with Crippen molar-refractivity contribution < 1.29 is 17.9 Å². The molecule has 2 aromatic carbocycles. The SMILES string of the molecule is Cc1ccc(-c2cc(-c3ccc(OCCCCCC(F)(F)F)cc3)[nH]c(=O)c2/C(N)=N/N)cc1. The van der Waals surface area contributed by atoms with Gasteiger partial charge in [0.1, 0.15) is 5.75 Å². The van der Waals surface area contributed by atoms with Gasteiger partial charge in [0.15, 0.2) is 5.84 Å². The summed E-state index contributed by atoms with van der Waals surface area (Å²) in [6.07, 6.45) is -3.80. The smallest absolute Gasteiger partial charge is 0.389 e. The van der Waals surface area contributed by atoms with Crippen molar-refractivity contribution in [2.45, 2.75) is 38.8 Å². The van der Waals surface area contributed by atoms with Crippen LogP contribution in [0.2, 0.25) is 0 Å². The van der Waals surface area contributed by atoms with E-state index in [-0.39, 0.29) is 17.8 Å². The molecule has 0 bridgehead atoms. The van der Waals surface area contributed by atoms with Gasteiger partial charge in [-0.1, -0.05) is 29.8 Å². The number of aryl methyl sites for hydroxylation is 1. The first-order chi connectivity index (χ1) is 16.2. The number of nitrogens with two attached hydrogens (primary N) is 2. The molecule has 1 aromatic heterocycles. The average Bonchev–Trinajstić information content (AvgIpc) is 2.80. The summed E-state index contributed by atoms with van der Waals surface area (Å²) in [6.45, 7) is 2.30. The second kappa shape index (κ2) is 10.9. The zero-order chi connectivity index (χ0) is 24.7. The third kappa shape index (κ3) is 6.63. The fourth-order valence-corrected chi connectivity index (χ4v) is 3.52. The van der Waals surface area contributed by atoms with Gasteiger partial charge in [-0.2, -0.15) is 18.3 Å². The highest BCUT2D eigenvalue weighted by Gasteiger charge is 2.25. The molecular weight excluding hydrogens is 445 g/mol. The Morgan fingerprint density at radius 3 is 2.26 bits per heavy atom. The maximum atomic E-state index is 12.9. The number of alkyl halides is 3. The van der Waals surface area contributed by atoms with Crippen LogP contribution in [-0.2, 0) is 0 Å². The third-order valence-electron chi connectivity index (χ3n) is 5.33. The summed E-state index contributed by atoms with van der Waals surface area (Å²) in [5.74, 6) is 5.87. The Labute approximate surface area is 195 Å². The second-order valence-corrected chi connectivity index (χ2v) is 7.98. The number of benzene rings is 2. The first-order valence-corrected chi connectivity index (χ1v) is 10.9. The molecule has 0 spiro atoms. The zero-order valence-electron chi connectivity index (χ0n) is 18.8. The average molecular weight is 473 g/mol. The highest BCUT2D eigenvalue weighted by atomic mass is 19.4. The summed E-state index contributed by atoms with van der Waals surface area (Å²) in [6, 6.07) is 16.6. The van der Waals surface area contributed by atoms with Crippen molar-refractivity contribution in [3.8, 4) is 28.1 Å². The molecule has 0 aliphatic carbocycles. The summed E-state index contributed by atoms with van der Waals surface area (Å²) < 4.78 is 42.2. The third-order valence-corrected chi connectivity index (χ3v) is 5.33. The van der Waals surface area contributed by atoms with Gasteiger partial charge in [0.05, 0.1) is 12.2 Å². The van der Waals surface area contributed by atoms with Crippen LogP contribution in [-0.4, -0.2) is 23.6 Å². The van der Waals surface area contributed by atoms with Crippen LogP contribution in [0.15, 0.2) is 64.5 Å². The molecule has 0 unspecified atom stereocenters. The number of hydrogen-bond donors (Lipinski definition) is 3. The summed E-state index contributed by atoms with van der Waals surface area (Å²) in [4.78, 5) is 15.7. The highest BCUT2D eigenvalue weighted by Crippen LogP contribution is 2.28. The predicted molar refractivity (Wildman–Crippen MR) is 128 cm³/mol. The van der Waals surface area contributed by atoms with Gasteiger partial charge >= 0.3 is 6.18 Å². The van der Waals surface area contributed by atoms with Gasteiger partial charge in [0.25, 0.3) is 5.56 Å². The molecular formula is C25H27F3N4O2. The first-order valence-electron chi connectivity index (χ1n) is 10.9. The van der Waals surface area contributed by atoms with E-state index in [1.54, 1.807) is 24.3 Å². The van der Waals surface area contributed by atoms with Gasteiger partial charge in [-0.15, -0.1) is 0 Å². The lowest BCUT2D eigenvalue weighted by atomic mass is 9.97. The van der Waals surface area contributed by atoms with Crippen molar-refractivity contribution in [3.05, 3.63) is 76.1 Å². The molecule has 0 amide bonds. The van der Waals surface area contributed by atoms with Crippen LogP contribution >= 0.6 is 0 Å². The molecule has 0 saturated heterocycles. The summed E-state index contributed by atoms with van der Waals surface area (Å²) in [5.41, 5.74) is 9.48. The van der Waals surface area contributed by atoms with Gasteiger partial charge in [0.2, 0.25) is 0 Å². The molecule has 0 aliphatic heterocycles. The van der Waals surface area contributed by atoms with Crippen LogP contribution in [0, 0.1) is 6.92 Å². The lowest BCUT2D eigenvalue weighted by Gasteiger charge is -2.12. The number of ether oxygens (including phenoxy) is 1. The number of rotatable bonds is 9. The van der Waals surface area contributed by atoms with Gasteiger partial charge in [0, 0.05) is 17.7 Å². The van der Waals surface area contributed by atoms with Crippen molar-refractivity contribution in [2.24, 2.45) is 16.7 Å². The molecule has 0 aliphatic rings. The molecule has 3 aromatic rings. The Hall–Kier alpha value is -3.75. The number of halogens is 3. The number of H-pyrrole nitrogens is 1. The molecule has 0 radical (unpaired) electrons. The summed E-state index contributed by atoms with van der Waals surface area (Å²) in [7, 11) is 0. The summed E-state index contributed by atoms with van der Waals surface area (Å²) in [5, 5.41) is 3.50. The minimum absolute atomic E-state index is 0.0673. The van der Waals surface area contributed by atoms with Crippen LogP contribution in [0.25, 0.3) is 22.4 Å². The van der Waals surface area contributed by atoms with Crippen LogP contribution in [0.4, 0.5) is 13.2 Å². The minimum Gasteiger partial charge on any atom is -0.494 e. The fourth-order valence-electron chi connectivity index (χ4n) is 3.52. The second-order valence-electron chi connectivity index (χ2n) is 7.98. The zero-order valence-corrected chi connectivity index (χ0v) is 18.8. The van der Waals surface area contributed by atoms with Gasteiger partial charge in [-0.3, -0.25) is 4.79 Å². The van der Waals surface area contributed by atoms with E-state index in [0.717, 1.165) is 16.7 Å². The standard InChI is InChI=1S/C25H27F3N4O2/c1-16-5-7-17(8-6-16)20-15-21(31-24(33)22(20)23(29)32-30)18-9-11-19(12-10-18)34-14-4-2-3-13-25(26,27)28/h5-12,15H,2-4,13-14,30H2,1H3,(H2,29,32)(H,31,33). The van der Waals surface area contributed by atoms with Crippen molar-refractivity contribution in [3.63, 3.8) is 0 Å². The molecule has 3 rings (SSSR count). The van der Waals surface area contributed by atoms with Crippen LogP contribution < -0.4 is 21.9 Å². The Bertz CT molecular complexity index is 1180. The number of nitrogens with one attached hydrogen (secondary N) is 1. The molecule has 180 valence electrons. The number of amidine groups is 1. The van der Waals surface area contributed by atoms with Crippen LogP contribution in [0.3, 0.4) is 0 Å². The van der Waals surface area contributed by atoms with E-state index in [2.05, 4.69) is 10.1 Å². The van der Waals surface area contributed by atoms with E-state index in [4.69, 9.17) is 16.3 Å². The van der Waals surface area contributed by atoms with E-state index < -0.39 is 18.2 Å². The van der Waals surface area contributed by atoms with Gasteiger partial charge < -0.3 is 21.3 Å². The molecule has 0 saturated carbocycles. The Morgan fingerprint density at radius 2 is 1.65 bits per heavy atom. The lowest BCUT2D eigenvalue weighted by molar-refractivity contribution is -0.135. The minimum atomic E-state index is -4.11. The molecule has 9 heteroatoms. The molecule has 5 N–H and O–H groups in total. The summed E-state index contributed by atoms with van der Waals surface area (Å²) >= 11 is 0. The predicted octanol–water partition coefficient (Wildman–Crippen LogP) is 5.10. The largest absolute Gasteiger partial charge is 0.494 e. The number of unbranched alkanes of at least 4 members (excludes halogenated alkanes) is 2. The Balaban J connectivity index is 1.77. The van der Waals surface area contributed by atoms with Crippen LogP contribution in [0.5, 0.6) is 5.75 Å². The number of nitrogens with zero attached hydrogens (tertiary/aromatic N) is 1. The monoisotopic (exact) mass is 472 g/mol. The van der Waals surface area contributed by atoms with E-state index in [1.807, 2.05) is 37.3 Å². The van der Waals surface area contributed by atoms with E-state index in [9.17, 15) is 18.0 Å². The van der Waals surface area contributed by atoms with Crippen molar-refractivity contribution in [1.82, 2.24) is 4.98 Å². The topological polar surface area (TPSA) is 106 Å². The van der Waals surface area contributed by atoms with Crippen molar-refractivity contribution in [2.75, 3.05) is 6.61 Å². The molecule has 6 nitrogen and oxygen atoms in total. The van der Waals surface area contributed by atoms with Gasteiger partial charge in [-0.05, 0) is 67.6 Å². The van der Waals surface area contributed by atoms with Gasteiger partial charge in [-0.25, -0.2) is 0 Å². The van der Waals surface area contributed by atoms with E-state index in [0.29, 0.717) is 36.5 Å². The number of aromatic nitrogens is 1. The maximum Gasteiger partial charge on any atom is 0.389 e. The number of hydrazone groups is 1. The number of pyridine rings is 1. The lowest BCUT2D eigenvalue weighted by Crippen LogP contribution is -2.27. The molecule has 0 atom stereocenters. The first kappa shape index (κ1) is 24.9. The van der Waals surface area contributed by atoms with Crippen molar-refractivity contribution >= 4 is 5.84 Å². The van der Waals surface area contributed by atoms with Crippen LogP contribution in [0.1, 0.15) is 36.8 Å². The Morgan fingerprint density at radius 1 is 1.00 bits per heavy atom. The highest BCUT2D eigenvalue weighted by molar-refractivity contribution is 6.03. The van der Waals surface area contributed by atoms with E-state index >= 15 is 0 Å². The van der Waals surface area contributed by atoms with E-state index in [1.165, 1.54) is 0 Å². The Kier molecular flexibility index (Phi) is 7.99. The normalized spacial score (nSPS) is 12.1. The quantitative estimate of drug-likeness (QED) is 0.132. The van der Waals surface area contributed by atoms with Crippen molar-refractivity contribution in [1.29, 1.82) is 0 Å². The number of aromatic amines is 1. The fraction of sp³-hybridized carbons (Fsp3) is 0.280. The maximum absolute atomic E-state index is 12.9. The number of hydrogen-bond acceptors (Lipinski definition) is 4.